The third-order valence-corrected chi connectivity index (χ3v) is 3.05. The number of nitrogens with zero attached hydrogens (tertiary/aromatic N) is 1. The summed E-state index contributed by atoms with van der Waals surface area (Å²) in [4.78, 5) is 13.5. The Morgan fingerprint density at radius 3 is 2.76 bits per heavy atom. The van der Waals surface area contributed by atoms with Gasteiger partial charge in [0.15, 0.2) is 0 Å². The zero-order valence-corrected chi connectivity index (χ0v) is 10.1. The molecule has 0 radical (unpaired) electrons. The predicted octanol–water partition coefficient (Wildman–Crippen LogP) is 1.41. The van der Waals surface area contributed by atoms with E-state index in [2.05, 4.69) is 4.90 Å². The molecule has 4 heteroatoms. The van der Waals surface area contributed by atoms with Crippen molar-refractivity contribution in [2.24, 2.45) is 0 Å². The van der Waals surface area contributed by atoms with Gasteiger partial charge in [0.1, 0.15) is 0 Å². The Bertz CT molecular complexity index is 402. The number of carbonyl (C=O) groups excluding carboxylic acids is 1. The van der Waals surface area contributed by atoms with Crippen LogP contribution in [0.2, 0.25) is 0 Å². The molecular weight excluding hydrogens is 216 g/mol. The number of para-hydroxylation sites is 1. The third kappa shape index (κ3) is 3.20. The zero-order valence-electron chi connectivity index (χ0n) is 10.1. The first kappa shape index (κ1) is 11.9. The van der Waals surface area contributed by atoms with Crippen LogP contribution in [0.15, 0.2) is 24.3 Å². The Labute approximate surface area is 101 Å². The molecule has 0 heterocycles. The summed E-state index contributed by atoms with van der Waals surface area (Å²) in [6, 6.07) is 8.28. The van der Waals surface area contributed by atoms with Crippen LogP contribution in [0.1, 0.15) is 18.4 Å². The summed E-state index contributed by atoms with van der Waals surface area (Å²) in [5, 5.41) is 0. The Morgan fingerprint density at radius 1 is 1.47 bits per heavy atom. The molecule has 92 valence electrons. The molecule has 1 aromatic carbocycles. The molecule has 0 spiro atoms. The average Bonchev–Trinajstić information content (AvgIpc) is 3.15. The normalized spacial score (nSPS) is 14.9. The number of hydrogen-bond acceptors (Lipinski definition) is 4. The van der Waals surface area contributed by atoms with Crippen LogP contribution in [0.25, 0.3) is 0 Å². The first-order valence-electron chi connectivity index (χ1n) is 5.85. The summed E-state index contributed by atoms with van der Waals surface area (Å²) in [7, 11) is 1.42. The fraction of sp³-hybridized carbons (Fsp3) is 0.462. The lowest BCUT2D eigenvalue weighted by molar-refractivity contribution is -0.142. The van der Waals surface area contributed by atoms with Gasteiger partial charge in [0.2, 0.25) is 0 Å². The van der Waals surface area contributed by atoms with E-state index >= 15 is 0 Å². The number of esters is 1. The summed E-state index contributed by atoms with van der Waals surface area (Å²) in [5.74, 6) is -0.189. The SMILES string of the molecule is COC(=O)CN(Cc1ccccc1N)C1CC1. The number of carbonyl (C=O) groups is 1. The Morgan fingerprint density at radius 2 is 2.18 bits per heavy atom. The van der Waals surface area contributed by atoms with E-state index in [0.717, 1.165) is 24.1 Å². The smallest absolute Gasteiger partial charge is 0.319 e. The molecule has 0 amide bonds. The van der Waals surface area contributed by atoms with Gasteiger partial charge in [-0.25, -0.2) is 0 Å². The lowest BCUT2D eigenvalue weighted by Gasteiger charge is -2.21. The van der Waals surface area contributed by atoms with Crippen LogP contribution in [-0.4, -0.2) is 30.6 Å². The number of rotatable bonds is 5. The molecule has 0 saturated heterocycles. The molecule has 0 aromatic heterocycles. The number of methoxy groups -OCH3 is 1. The zero-order chi connectivity index (χ0) is 12.3. The second-order valence-electron chi connectivity index (χ2n) is 4.41. The maximum absolute atomic E-state index is 11.3. The number of nitrogens with two attached hydrogens (primary N) is 1. The lowest BCUT2D eigenvalue weighted by Crippen LogP contribution is -2.32. The van der Waals surface area contributed by atoms with E-state index in [0.29, 0.717) is 19.1 Å². The molecule has 0 aliphatic heterocycles. The Kier molecular flexibility index (Phi) is 3.64. The third-order valence-electron chi connectivity index (χ3n) is 3.05. The molecule has 1 aromatic rings. The molecule has 1 fully saturated rings. The van der Waals surface area contributed by atoms with Gasteiger partial charge in [-0.05, 0) is 24.5 Å². The maximum Gasteiger partial charge on any atom is 0.319 e. The molecule has 1 saturated carbocycles. The summed E-state index contributed by atoms with van der Waals surface area (Å²) in [6.07, 6.45) is 2.31. The molecule has 0 bridgehead atoms. The van der Waals surface area contributed by atoms with Gasteiger partial charge >= 0.3 is 5.97 Å². The topological polar surface area (TPSA) is 55.6 Å². The monoisotopic (exact) mass is 234 g/mol. The number of hydrogen-bond donors (Lipinski definition) is 1. The lowest BCUT2D eigenvalue weighted by atomic mass is 10.1. The van der Waals surface area contributed by atoms with Gasteiger partial charge in [0, 0.05) is 18.3 Å². The van der Waals surface area contributed by atoms with Crippen LogP contribution in [-0.2, 0) is 16.1 Å². The van der Waals surface area contributed by atoms with Crippen molar-refractivity contribution >= 4 is 11.7 Å². The highest BCUT2D eigenvalue weighted by Crippen LogP contribution is 2.29. The summed E-state index contributed by atoms with van der Waals surface area (Å²) in [5.41, 5.74) is 7.76. The van der Waals surface area contributed by atoms with Crippen molar-refractivity contribution in [2.45, 2.75) is 25.4 Å². The number of ether oxygens (including phenoxy) is 1. The first-order valence-corrected chi connectivity index (χ1v) is 5.85. The van der Waals surface area contributed by atoms with E-state index in [1.807, 2.05) is 24.3 Å². The van der Waals surface area contributed by atoms with Crippen LogP contribution in [0.4, 0.5) is 5.69 Å². The average molecular weight is 234 g/mol. The highest BCUT2D eigenvalue weighted by molar-refractivity contribution is 5.71. The molecule has 0 atom stereocenters. The standard InChI is InChI=1S/C13H18N2O2/c1-17-13(16)9-15(11-6-7-11)8-10-4-2-3-5-12(10)14/h2-5,11H,6-9,14H2,1H3. The Balaban J connectivity index is 2.02. The van der Waals surface area contributed by atoms with E-state index in [9.17, 15) is 4.79 Å². The second kappa shape index (κ2) is 5.19. The van der Waals surface area contributed by atoms with E-state index in [4.69, 9.17) is 10.5 Å². The fourth-order valence-corrected chi connectivity index (χ4v) is 1.88. The summed E-state index contributed by atoms with van der Waals surface area (Å²) < 4.78 is 4.71. The van der Waals surface area contributed by atoms with Crippen molar-refractivity contribution in [3.8, 4) is 0 Å². The van der Waals surface area contributed by atoms with Crippen LogP contribution < -0.4 is 5.73 Å². The minimum atomic E-state index is -0.189. The van der Waals surface area contributed by atoms with Gasteiger partial charge < -0.3 is 10.5 Å². The van der Waals surface area contributed by atoms with E-state index in [1.54, 1.807) is 0 Å². The van der Waals surface area contributed by atoms with Gasteiger partial charge in [-0.3, -0.25) is 9.69 Å². The van der Waals surface area contributed by atoms with Gasteiger partial charge in [-0.2, -0.15) is 0 Å². The van der Waals surface area contributed by atoms with Crippen LogP contribution in [0, 0.1) is 0 Å². The fourth-order valence-electron chi connectivity index (χ4n) is 1.88. The Hall–Kier alpha value is -1.55. The first-order chi connectivity index (χ1) is 8.20. The van der Waals surface area contributed by atoms with Crippen LogP contribution in [0.3, 0.4) is 0 Å². The van der Waals surface area contributed by atoms with Gasteiger partial charge in [0.05, 0.1) is 13.7 Å². The van der Waals surface area contributed by atoms with Crippen molar-refractivity contribution in [1.82, 2.24) is 4.90 Å². The molecule has 2 N–H and O–H groups in total. The predicted molar refractivity (Wildman–Crippen MR) is 66.3 cm³/mol. The maximum atomic E-state index is 11.3. The quantitative estimate of drug-likeness (QED) is 0.618. The number of anilines is 1. The second-order valence-corrected chi connectivity index (χ2v) is 4.41. The van der Waals surface area contributed by atoms with Crippen molar-refractivity contribution < 1.29 is 9.53 Å². The van der Waals surface area contributed by atoms with Gasteiger partial charge in [-0.15, -0.1) is 0 Å². The molecule has 4 nitrogen and oxygen atoms in total. The molecular formula is C13H18N2O2. The summed E-state index contributed by atoms with van der Waals surface area (Å²) >= 11 is 0. The molecule has 2 rings (SSSR count). The van der Waals surface area contributed by atoms with E-state index in [-0.39, 0.29) is 5.97 Å². The van der Waals surface area contributed by atoms with E-state index in [1.165, 1.54) is 7.11 Å². The molecule has 0 unspecified atom stereocenters. The highest BCUT2D eigenvalue weighted by Gasteiger charge is 2.30. The van der Waals surface area contributed by atoms with Gasteiger partial charge in [-0.1, -0.05) is 18.2 Å². The summed E-state index contributed by atoms with van der Waals surface area (Å²) in [6.45, 7) is 1.06. The van der Waals surface area contributed by atoms with Crippen molar-refractivity contribution in [1.29, 1.82) is 0 Å². The van der Waals surface area contributed by atoms with Crippen molar-refractivity contribution in [3.63, 3.8) is 0 Å². The molecule has 1 aliphatic rings. The van der Waals surface area contributed by atoms with Crippen molar-refractivity contribution in [3.05, 3.63) is 29.8 Å². The molecule has 1 aliphatic carbocycles. The number of nitrogen functional groups attached to an aromatic ring is 1. The van der Waals surface area contributed by atoms with Crippen LogP contribution in [0.5, 0.6) is 0 Å². The van der Waals surface area contributed by atoms with E-state index < -0.39 is 0 Å². The van der Waals surface area contributed by atoms with Gasteiger partial charge in [0.25, 0.3) is 0 Å². The van der Waals surface area contributed by atoms with Crippen LogP contribution >= 0.6 is 0 Å². The number of benzene rings is 1. The minimum absolute atomic E-state index is 0.189. The molecule has 17 heavy (non-hydrogen) atoms. The minimum Gasteiger partial charge on any atom is -0.468 e. The highest BCUT2D eigenvalue weighted by atomic mass is 16.5. The largest absolute Gasteiger partial charge is 0.468 e. The van der Waals surface area contributed by atoms with Crippen molar-refractivity contribution in [2.75, 3.05) is 19.4 Å².